The summed E-state index contributed by atoms with van der Waals surface area (Å²) in [6.07, 6.45) is 3.48. The Bertz CT molecular complexity index is 388. The van der Waals surface area contributed by atoms with Crippen LogP contribution in [0.25, 0.3) is 0 Å². The molecule has 0 aliphatic carbocycles. The molecule has 1 saturated heterocycles. The highest BCUT2D eigenvalue weighted by Gasteiger charge is 2.19. The van der Waals surface area contributed by atoms with Crippen LogP contribution in [0, 0.1) is 5.92 Å². The normalized spacial score (nSPS) is 19.1. The summed E-state index contributed by atoms with van der Waals surface area (Å²) in [7, 11) is 1.79. The molecule has 0 spiro atoms. The number of nitrogens with two attached hydrogens (primary N) is 1. The molecule has 2 rings (SSSR count). The van der Waals surface area contributed by atoms with Crippen LogP contribution >= 0.6 is 11.6 Å². The Kier molecular flexibility index (Phi) is 6.30. The highest BCUT2D eigenvalue weighted by atomic mass is 35.5. The number of benzene rings is 1. The van der Waals surface area contributed by atoms with Crippen molar-refractivity contribution >= 4 is 11.6 Å². The molecule has 1 heterocycles. The topological polar surface area (TPSA) is 38.5 Å². The van der Waals surface area contributed by atoms with Crippen molar-refractivity contribution in [1.82, 2.24) is 4.90 Å². The van der Waals surface area contributed by atoms with Crippen molar-refractivity contribution in [2.24, 2.45) is 11.7 Å². The number of hydrogen-bond donors (Lipinski definition) is 1. The number of hydrogen-bond acceptors (Lipinski definition) is 3. The van der Waals surface area contributed by atoms with E-state index in [0.29, 0.717) is 0 Å². The zero-order valence-electron chi connectivity index (χ0n) is 12.2. The van der Waals surface area contributed by atoms with Crippen molar-refractivity contribution in [3.05, 3.63) is 34.9 Å². The number of ether oxygens (including phenoxy) is 1. The van der Waals surface area contributed by atoms with E-state index < -0.39 is 0 Å². The molecule has 0 bridgehead atoms. The molecule has 1 unspecified atom stereocenters. The van der Waals surface area contributed by atoms with E-state index in [0.717, 1.165) is 30.5 Å². The second-order valence-corrected chi connectivity index (χ2v) is 6.12. The van der Waals surface area contributed by atoms with Crippen LogP contribution in [0.15, 0.2) is 24.3 Å². The maximum Gasteiger partial charge on any atom is 0.0491 e. The van der Waals surface area contributed by atoms with Gasteiger partial charge in [-0.05, 0) is 62.5 Å². The summed E-state index contributed by atoms with van der Waals surface area (Å²) in [6.45, 7) is 4.31. The number of nitrogens with zero attached hydrogens (tertiary/aromatic N) is 1. The zero-order valence-corrected chi connectivity index (χ0v) is 13.0. The second-order valence-electron chi connectivity index (χ2n) is 5.69. The summed E-state index contributed by atoms with van der Waals surface area (Å²) < 4.78 is 5.23. The molecule has 3 nitrogen and oxygen atoms in total. The highest BCUT2D eigenvalue weighted by Crippen LogP contribution is 2.20. The third-order valence-electron chi connectivity index (χ3n) is 4.16. The van der Waals surface area contributed by atoms with Crippen molar-refractivity contribution in [2.75, 3.05) is 33.4 Å². The molecule has 20 heavy (non-hydrogen) atoms. The summed E-state index contributed by atoms with van der Waals surface area (Å²) in [5, 5.41) is 0.765. The molecule has 1 aliphatic heterocycles. The van der Waals surface area contributed by atoms with Gasteiger partial charge < -0.3 is 15.4 Å². The summed E-state index contributed by atoms with van der Waals surface area (Å²) in [4.78, 5) is 2.52. The molecule has 1 atom stereocenters. The molecule has 0 saturated carbocycles. The first-order valence-electron chi connectivity index (χ1n) is 7.41. The maximum absolute atomic E-state index is 6.25. The Morgan fingerprint density at radius 3 is 2.55 bits per heavy atom. The van der Waals surface area contributed by atoms with Gasteiger partial charge in [0.05, 0.1) is 0 Å². The minimum absolute atomic E-state index is 0.101. The van der Waals surface area contributed by atoms with Crippen LogP contribution < -0.4 is 5.73 Å². The van der Waals surface area contributed by atoms with Crippen molar-refractivity contribution in [3.8, 4) is 0 Å². The molecule has 0 aromatic heterocycles. The van der Waals surface area contributed by atoms with E-state index >= 15 is 0 Å². The Balaban J connectivity index is 1.71. The molecule has 1 aromatic rings. The summed E-state index contributed by atoms with van der Waals surface area (Å²) in [6, 6.07) is 7.97. The lowest BCUT2D eigenvalue weighted by atomic mass is 9.97. The first-order chi connectivity index (χ1) is 9.69. The molecule has 0 radical (unpaired) electrons. The number of likely N-dealkylation sites (tertiary alicyclic amines) is 1. The van der Waals surface area contributed by atoms with E-state index in [9.17, 15) is 0 Å². The lowest BCUT2D eigenvalue weighted by Crippen LogP contribution is -2.36. The summed E-state index contributed by atoms with van der Waals surface area (Å²) in [5.74, 6) is 0.737. The van der Waals surface area contributed by atoms with Gasteiger partial charge in [0.2, 0.25) is 0 Å². The van der Waals surface area contributed by atoms with Gasteiger partial charge in [0.15, 0.2) is 0 Å². The van der Waals surface area contributed by atoms with E-state index in [2.05, 4.69) is 4.90 Å². The summed E-state index contributed by atoms with van der Waals surface area (Å²) in [5.41, 5.74) is 7.42. The Morgan fingerprint density at radius 2 is 1.95 bits per heavy atom. The number of methoxy groups -OCH3 is 1. The highest BCUT2D eigenvalue weighted by molar-refractivity contribution is 6.30. The molecular weight excluding hydrogens is 272 g/mol. The largest absolute Gasteiger partial charge is 0.384 e. The van der Waals surface area contributed by atoms with Crippen LogP contribution in [0.3, 0.4) is 0 Å². The van der Waals surface area contributed by atoms with E-state index in [1.165, 1.54) is 31.5 Å². The standard InChI is InChI=1S/C16H25ClN2O/c1-20-12-13-6-9-19(10-7-13)11-8-16(18)14-2-4-15(17)5-3-14/h2-5,13,16H,6-12,18H2,1H3. The molecule has 112 valence electrons. The minimum atomic E-state index is 0.101. The molecule has 4 heteroatoms. The van der Waals surface area contributed by atoms with Gasteiger partial charge in [-0.3, -0.25) is 0 Å². The van der Waals surface area contributed by atoms with Gasteiger partial charge >= 0.3 is 0 Å². The quantitative estimate of drug-likeness (QED) is 0.877. The molecule has 2 N–H and O–H groups in total. The predicted molar refractivity (Wildman–Crippen MR) is 84.0 cm³/mol. The SMILES string of the molecule is COCC1CCN(CCC(N)c2ccc(Cl)cc2)CC1. The molecular formula is C16H25ClN2O. The van der Waals surface area contributed by atoms with E-state index in [1.807, 2.05) is 24.3 Å². The van der Waals surface area contributed by atoms with Crippen LogP contribution in [0.5, 0.6) is 0 Å². The fourth-order valence-corrected chi connectivity index (χ4v) is 2.94. The predicted octanol–water partition coefficient (Wildman–Crippen LogP) is 3.09. The Labute approximate surface area is 127 Å². The van der Waals surface area contributed by atoms with Crippen LogP contribution in [-0.4, -0.2) is 38.3 Å². The fraction of sp³-hybridized carbons (Fsp3) is 0.625. The van der Waals surface area contributed by atoms with Gasteiger partial charge in [-0.15, -0.1) is 0 Å². The average molecular weight is 297 g/mol. The van der Waals surface area contributed by atoms with Gasteiger partial charge in [-0.2, -0.15) is 0 Å². The Morgan fingerprint density at radius 1 is 1.30 bits per heavy atom. The van der Waals surface area contributed by atoms with Crippen LogP contribution in [0.4, 0.5) is 0 Å². The second kappa shape index (κ2) is 7.99. The number of halogens is 1. The van der Waals surface area contributed by atoms with Crippen molar-refractivity contribution in [2.45, 2.75) is 25.3 Å². The molecule has 1 aromatic carbocycles. The number of rotatable bonds is 6. The first-order valence-corrected chi connectivity index (χ1v) is 7.79. The fourth-order valence-electron chi connectivity index (χ4n) is 2.81. The first kappa shape index (κ1) is 15.8. The van der Waals surface area contributed by atoms with E-state index in [-0.39, 0.29) is 6.04 Å². The van der Waals surface area contributed by atoms with Gasteiger partial charge in [-0.25, -0.2) is 0 Å². The van der Waals surface area contributed by atoms with Gasteiger partial charge in [0.25, 0.3) is 0 Å². The Hall–Kier alpha value is -0.610. The number of piperidine rings is 1. The van der Waals surface area contributed by atoms with Gasteiger partial charge in [-0.1, -0.05) is 23.7 Å². The van der Waals surface area contributed by atoms with Gasteiger partial charge in [0, 0.05) is 24.8 Å². The van der Waals surface area contributed by atoms with Crippen molar-refractivity contribution in [1.29, 1.82) is 0 Å². The monoisotopic (exact) mass is 296 g/mol. The van der Waals surface area contributed by atoms with Crippen LogP contribution in [0.1, 0.15) is 30.9 Å². The molecule has 1 aliphatic rings. The average Bonchev–Trinajstić information content (AvgIpc) is 2.47. The lowest BCUT2D eigenvalue weighted by molar-refractivity contribution is 0.0983. The molecule has 0 amide bonds. The van der Waals surface area contributed by atoms with Crippen LogP contribution in [-0.2, 0) is 4.74 Å². The third-order valence-corrected chi connectivity index (χ3v) is 4.42. The lowest BCUT2D eigenvalue weighted by Gasteiger charge is -2.32. The smallest absolute Gasteiger partial charge is 0.0491 e. The maximum atomic E-state index is 6.25. The zero-order chi connectivity index (χ0) is 14.4. The summed E-state index contributed by atoms with van der Waals surface area (Å²) >= 11 is 5.90. The minimum Gasteiger partial charge on any atom is -0.384 e. The third kappa shape index (κ3) is 4.74. The van der Waals surface area contributed by atoms with Crippen molar-refractivity contribution < 1.29 is 4.74 Å². The van der Waals surface area contributed by atoms with E-state index in [1.54, 1.807) is 7.11 Å². The van der Waals surface area contributed by atoms with Crippen LogP contribution in [0.2, 0.25) is 5.02 Å². The molecule has 1 fully saturated rings. The van der Waals surface area contributed by atoms with Gasteiger partial charge in [0.1, 0.15) is 0 Å². The van der Waals surface area contributed by atoms with Crippen molar-refractivity contribution in [3.63, 3.8) is 0 Å². The van der Waals surface area contributed by atoms with E-state index in [4.69, 9.17) is 22.1 Å².